The zero-order valence-electron chi connectivity index (χ0n) is 31.9. The fraction of sp³-hybridized carbons (Fsp3) is 0.432. The maximum absolute atomic E-state index is 14.4. The summed E-state index contributed by atoms with van der Waals surface area (Å²) in [5, 5.41) is 7.79. The van der Waals surface area contributed by atoms with Crippen molar-refractivity contribution < 1.29 is 32.6 Å². The molecule has 0 saturated heterocycles. The van der Waals surface area contributed by atoms with Crippen LogP contribution in [0.2, 0.25) is 0 Å². The lowest BCUT2D eigenvalue weighted by Gasteiger charge is -2.38. The second kappa shape index (κ2) is 15.9. The van der Waals surface area contributed by atoms with Crippen molar-refractivity contribution in [1.82, 2.24) is 20.0 Å². The largest absolute Gasteiger partial charge is 0.497 e. The minimum atomic E-state index is -4.34. The van der Waals surface area contributed by atoms with E-state index < -0.39 is 36.6 Å². The van der Waals surface area contributed by atoms with Crippen LogP contribution in [0.5, 0.6) is 0 Å². The summed E-state index contributed by atoms with van der Waals surface area (Å²) in [6.45, 7) is 19.8. The van der Waals surface area contributed by atoms with E-state index in [1.54, 1.807) is 92.6 Å². The first kappa shape index (κ1) is 40.7. The van der Waals surface area contributed by atoms with Crippen molar-refractivity contribution in [2.24, 2.45) is 0 Å². The van der Waals surface area contributed by atoms with Crippen LogP contribution < -0.4 is 10.6 Å². The van der Waals surface area contributed by atoms with Crippen LogP contribution in [0.15, 0.2) is 70.7 Å². The van der Waals surface area contributed by atoms with Crippen LogP contribution in [0.1, 0.15) is 98.1 Å². The number of phosphoric acid groups is 1. The van der Waals surface area contributed by atoms with Crippen molar-refractivity contribution in [1.29, 1.82) is 0 Å². The average molecular weight is 753 g/mol. The molecular formula is C37H49N6O7PS. The first-order valence-electron chi connectivity index (χ1n) is 16.8. The lowest BCUT2D eigenvalue weighted by molar-refractivity contribution is -0.130. The molecule has 4 aromatic rings. The second-order valence-electron chi connectivity index (χ2n) is 15.3. The minimum absolute atomic E-state index is 0.210. The summed E-state index contributed by atoms with van der Waals surface area (Å²) in [6.07, 6.45) is 0.868. The number of phosphoric ester groups is 1. The molecule has 2 N–H and O–H groups in total. The third-order valence-electron chi connectivity index (χ3n) is 6.85. The number of methoxy groups -OCH3 is 1. The van der Waals surface area contributed by atoms with Gasteiger partial charge in [0.05, 0.1) is 34.9 Å². The van der Waals surface area contributed by atoms with E-state index in [0.29, 0.717) is 28.2 Å². The number of hydroxylamine groups is 2. The Labute approximate surface area is 310 Å². The Morgan fingerprint density at radius 1 is 0.865 bits per heavy atom. The lowest BCUT2D eigenvalue weighted by Crippen LogP contribution is -2.45. The Kier molecular flexibility index (Phi) is 12.4. The number of ether oxygens (including phenoxy) is 1. The summed E-state index contributed by atoms with van der Waals surface area (Å²) in [7, 11) is -3.04. The van der Waals surface area contributed by atoms with Gasteiger partial charge in [-0.15, -0.1) is 0 Å². The van der Waals surface area contributed by atoms with Crippen molar-refractivity contribution >= 4 is 59.8 Å². The molecule has 52 heavy (non-hydrogen) atoms. The highest BCUT2D eigenvalue weighted by molar-refractivity contribution is 7.99. The quantitative estimate of drug-likeness (QED) is 0.111. The molecule has 15 heteroatoms. The normalized spacial score (nSPS) is 12.6. The SMILES string of the molecule is COC(=O)Nc1ccc(Sc2ccc(C(=O)N(OP(=O)(OC(C)(C)C)OC(C)(C)C)C(C)(C)C)cc2Nc2ncnc3nc(C(C)C)ccc23)cc1. The Bertz CT molecular complexity index is 1930. The summed E-state index contributed by atoms with van der Waals surface area (Å²) < 4.78 is 36.6. The number of pyridine rings is 1. The van der Waals surface area contributed by atoms with E-state index in [9.17, 15) is 14.2 Å². The molecular weight excluding hydrogens is 703 g/mol. The standard InChI is InChI=1S/C37H49N6O7PS/c1-23(2)28-19-18-27-31(41-28)38-22-39-32(27)42-29-21-24(13-20-30(29)52-26-16-14-25(15-17-26)40-34(45)47-12)33(44)43(35(3,4)5)50-51(46,48-36(6,7)8)49-37(9,10)11/h13-23H,1-12H3,(H,40,45)(H,38,39,41,42). The van der Waals surface area contributed by atoms with Crippen LogP contribution in [-0.2, 0) is 23.0 Å². The number of carbonyl (C=O) groups is 2. The number of hydrogen-bond acceptors (Lipinski definition) is 12. The molecule has 0 aliphatic carbocycles. The molecule has 4 rings (SSSR count). The Hall–Kier alpha value is -4.07. The molecule has 2 aromatic carbocycles. The molecule has 0 spiro atoms. The topological polar surface area (TPSA) is 154 Å². The summed E-state index contributed by atoms with van der Waals surface area (Å²) in [5.74, 6) is 0.125. The van der Waals surface area contributed by atoms with Crippen LogP contribution in [0, 0.1) is 0 Å². The summed E-state index contributed by atoms with van der Waals surface area (Å²) in [4.78, 5) is 41.3. The van der Waals surface area contributed by atoms with Gasteiger partial charge in [-0.3, -0.25) is 19.2 Å². The molecule has 0 fully saturated rings. The Balaban J connectivity index is 1.79. The summed E-state index contributed by atoms with van der Waals surface area (Å²) in [6, 6.07) is 16.2. The van der Waals surface area contributed by atoms with Crippen LogP contribution in [0.25, 0.3) is 11.0 Å². The predicted octanol–water partition coefficient (Wildman–Crippen LogP) is 10.1. The number of nitrogens with one attached hydrogen (secondary N) is 2. The van der Waals surface area contributed by atoms with Crippen LogP contribution >= 0.6 is 19.6 Å². The molecule has 0 atom stereocenters. The molecule has 280 valence electrons. The fourth-order valence-corrected chi connectivity index (χ4v) is 7.51. The van der Waals surface area contributed by atoms with Gasteiger partial charge < -0.3 is 10.1 Å². The summed E-state index contributed by atoms with van der Waals surface area (Å²) in [5.41, 5.74) is -0.0218. The molecule has 13 nitrogen and oxygen atoms in total. The molecule has 0 aliphatic heterocycles. The molecule has 2 aromatic heterocycles. The Morgan fingerprint density at radius 3 is 2.06 bits per heavy atom. The van der Waals surface area contributed by atoms with E-state index in [1.807, 2.05) is 24.3 Å². The van der Waals surface area contributed by atoms with Gasteiger partial charge in [0.1, 0.15) is 12.1 Å². The number of anilines is 3. The minimum Gasteiger partial charge on any atom is -0.453 e. The van der Waals surface area contributed by atoms with E-state index >= 15 is 0 Å². The van der Waals surface area contributed by atoms with Gasteiger partial charge in [-0.05, 0) is 123 Å². The van der Waals surface area contributed by atoms with Crippen molar-refractivity contribution in [3.63, 3.8) is 0 Å². The number of fused-ring (bicyclic) bond motifs is 1. The second-order valence-corrected chi connectivity index (χ2v) is 17.8. The van der Waals surface area contributed by atoms with Crippen molar-refractivity contribution in [2.45, 2.75) is 109 Å². The van der Waals surface area contributed by atoms with Gasteiger partial charge in [0.25, 0.3) is 5.91 Å². The monoisotopic (exact) mass is 752 g/mol. The summed E-state index contributed by atoms with van der Waals surface area (Å²) >= 11 is 1.43. The van der Waals surface area contributed by atoms with E-state index in [2.05, 4.69) is 34.4 Å². The highest BCUT2D eigenvalue weighted by Gasteiger charge is 2.44. The number of carbonyl (C=O) groups excluding carboxylic acids is 2. The van der Waals surface area contributed by atoms with Gasteiger partial charge in [0, 0.05) is 26.7 Å². The lowest BCUT2D eigenvalue weighted by atomic mass is 10.1. The number of amides is 2. The van der Waals surface area contributed by atoms with Gasteiger partial charge in [-0.2, -0.15) is 4.62 Å². The number of benzene rings is 2. The van der Waals surface area contributed by atoms with E-state index in [4.69, 9.17) is 23.4 Å². The van der Waals surface area contributed by atoms with E-state index in [0.717, 1.165) is 20.5 Å². The van der Waals surface area contributed by atoms with Gasteiger partial charge in [0.15, 0.2) is 5.65 Å². The van der Waals surface area contributed by atoms with Gasteiger partial charge in [-0.25, -0.2) is 29.4 Å². The zero-order chi connectivity index (χ0) is 38.6. The van der Waals surface area contributed by atoms with Crippen molar-refractivity contribution in [3.05, 3.63) is 72.2 Å². The van der Waals surface area contributed by atoms with Crippen LogP contribution in [0.4, 0.5) is 22.0 Å². The van der Waals surface area contributed by atoms with Crippen LogP contribution in [0.3, 0.4) is 0 Å². The average Bonchev–Trinajstić information content (AvgIpc) is 3.02. The third kappa shape index (κ3) is 11.2. The molecule has 0 saturated carbocycles. The van der Waals surface area contributed by atoms with Gasteiger partial charge in [0.2, 0.25) is 0 Å². The number of hydrogen-bond donors (Lipinski definition) is 2. The predicted molar refractivity (Wildman–Crippen MR) is 204 cm³/mol. The maximum atomic E-state index is 14.4. The van der Waals surface area contributed by atoms with Crippen LogP contribution in [-0.4, -0.2) is 55.9 Å². The molecule has 2 amide bonds. The first-order chi connectivity index (χ1) is 24.1. The zero-order valence-corrected chi connectivity index (χ0v) is 33.6. The highest BCUT2D eigenvalue weighted by atomic mass is 32.2. The maximum Gasteiger partial charge on any atom is 0.497 e. The number of aromatic nitrogens is 3. The van der Waals surface area contributed by atoms with Crippen molar-refractivity contribution in [3.8, 4) is 0 Å². The number of nitrogens with zero attached hydrogens (tertiary/aromatic N) is 4. The van der Waals surface area contributed by atoms with E-state index in [1.165, 1.54) is 25.2 Å². The van der Waals surface area contributed by atoms with E-state index in [-0.39, 0.29) is 11.5 Å². The third-order valence-corrected chi connectivity index (χ3v) is 9.84. The van der Waals surface area contributed by atoms with Crippen molar-refractivity contribution in [2.75, 3.05) is 17.7 Å². The first-order valence-corrected chi connectivity index (χ1v) is 19.0. The smallest absolute Gasteiger partial charge is 0.453 e. The number of rotatable bonds is 11. The molecule has 0 unspecified atom stereocenters. The molecule has 0 radical (unpaired) electrons. The molecule has 0 aliphatic rings. The highest BCUT2D eigenvalue weighted by Crippen LogP contribution is 2.57. The van der Waals surface area contributed by atoms with Gasteiger partial charge in [-0.1, -0.05) is 25.6 Å². The molecule has 2 heterocycles. The Morgan fingerprint density at radius 2 is 1.50 bits per heavy atom. The molecule has 0 bridgehead atoms. The van der Waals surface area contributed by atoms with Gasteiger partial charge >= 0.3 is 13.9 Å². The fourth-order valence-electron chi connectivity index (χ4n) is 4.66.